The van der Waals surface area contributed by atoms with Crippen molar-refractivity contribution < 1.29 is 24.4 Å². The number of benzene rings is 2. The van der Waals surface area contributed by atoms with Gasteiger partial charge in [0.15, 0.2) is 0 Å². The first-order valence-corrected chi connectivity index (χ1v) is 13.2. The Morgan fingerprint density at radius 1 is 1.03 bits per heavy atom. The van der Waals surface area contributed by atoms with Crippen molar-refractivity contribution in [3.63, 3.8) is 0 Å². The minimum absolute atomic E-state index is 0.0745. The number of ketones is 1. The van der Waals surface area contributed by atoms with E-state index in [9.17, 15) is 24.8 Å². The van der Waals surface area contributed by atoms with E-state index in [4.69, 9.17) is 4.74 Å². The molecule has 9 nitrogen and oxygen atoms in total. The third-order valence-electron chi connectivity index (χ3n) is 6.83. The van der Waals surface area contributed by atoms with Crippen LogP contribution >= 0.6 is 0 Å². The lowest BCUT2D eigenvalue weighted by atomic mass is 9.95. The summed E-state index contributed by atoms with van der Waals surface area (Å²) in [5.74, 6) is -1.26. The maximum absolute atomic E-state index is 13.3. The molecule has 0 aliphatic carbocycles. The second-order valence-electron chi connectivity index (χ2n) is 9.48. The highest BCUT2D eigenvalue weighted by Gasteiger charge is 2.46. The van der Waals surface area contributed by atoms with Crippen LogP contribution in [-0.2, 0) is 9.59 Å². The molecule has 204 valence electrons. The molecule has 3 rings (SSSR count). The summed E-state index contributed by atoms with van der Waals surface area (Å²) in [4.78, 5) is 41.3. The normalized spacial score (nSPS) is 16.8. The first-order chi connectivity index (χ1) is 18.3. The Hall–Kier alpha value is -3.72. The third-order valence-corrected chi connectivity index (χ3v) is 6.83. The molecule has 1 saturated heterocycles. The van der Waals surface area contributed by atoms with E-state index in [-0.39, 0.29) is 23.6 Å². The van der Waals surface area contributed by atoms with Crippen LogP contribution in [0, 0.1) is 10.1 Å². The van der Waals surface area contributed by atoms with Crippen molar-refractivity contribution in [3.8, 4) is 5.75 Å². The summed E-state index contributed by atoms with van der Waals surface area (Å²) >= 11 is 0. The number of nitro groups is 1. The Morgan fingerprint density at radius 2 is 1.66 bits per heavy atom. The SMILES string of the molecule is CCCCN(CCCC)CCCN1C(=O)C(=O)C(=C(O)c2ccc(OC)cc2)[C@H]1c1cccc([N+](=O)[O-])c1. The van der Waals surface area contributed by atoms with E-state index in [1.54, 1.807) is 30.3 Å². The maximum Gasteiger partial charge on any atom is 0.295 e. The quantitative estimate of drug-likeness (QED) is 0.117. The molecule has 0 bridgehead atoms. The van der Waals surface area contributed by atoms with Gasteiger partial charge in [0.2, 0.25) is 0 Å². The van der Waals surface area contributed by atoms with E-state index in [0.717, 1.165) is 45.3 Å². The van der Waals surface area contributed by atoms with Gasteiger partial charge in [-0.25, -0.2) is 0 Å². The minimum Gasteiger partial charge on any atom is -0.507 e. The van der Waals surface area contributed by atoms with Crippen molar-refractivity contribution in [3.05, 3.63) is 75.3 Å². The maximum atomic E-state index is 13.3. The molecule has 0 unspecified atom stereocenters. The largest absolute Gasteiger partial charge is 0.507 e. The number of hydrogen-bond acceptors (Lipinski definition) is 7. The van der Waals surface area contributed by atoms with Gasteiger partial charge in [0.1, 0.15) is 11.5 Å². The first kappa shape index (κ1) is 28.8. The number of rotatable bonds is 14. The van der Waals surface area contributed by atoms with Crippen LogP contribution in [0.5, 0.6) is 5.75 Å². The average molecular weight is 524 g/mol. The Morgan fingerprint density at radius 3 is 2.24 bits per heavy atom. The van der Waals surface area contributed by atoms with Crippen LogP contribution in [0.15, 0.2) is 54.1 Å². The summed E-state index contributed by atoms with van der Waals surface area (Å²) in [5.41, 5.74) is 0.532. The highest BCUT2D eigenvalue weighted by atomic mass is 16.6. The summed E-state index contributed by atoms with van der Waals surface area (Å²) in [7, 11) is 1.52. The number of ether oxygens (including phenoxy) is 1. The Labute approximate surface area is 223 Å². The van der Waals surface area contributed by atoms with E-state index in [0.29, 0.717) is 23.3 Å². The number of carbonyl (C=O) groups excluding carboxylic acids is 2. The smallest absolute Gasteiger partial charge is 0.295 e. The predicted octanol–water partition coefficient (Wildman–Crippen LogP) is 5.32. The minimum atomic E-state index is -0.934. The monoisotopic (exact) mass is 523 g/mol. The van der Waals surface area contributed by atoms with Crippen molar-refractivity contribution in [2.45, 2.75) is 52.0 Å². The molecule has 2 aromatic carbocycles. The number of non-ortho nitro benzene ring substituents is 1. The summed E-state index contributed by atoms with van der Waals surface area (Å²) in [5, 5.41) is 22.7. The average Bonchev–Trinajstić information content (AvgIpc) is 3.18. The Kier molecular flexibility index (Phi) is 10.4. The Bertz CT molecular complexity index is 1150. The van der Waals surface area contributed by atoms with Gasteiger partial charge in [-0.2, -0.15) is 0 Å². The van der Waals surface area contributed by atoms with E-state index < -0.39 is 22.7 Å². The number of nitrogens with zero attached hydrogens (tertiary/aromatic N) is 3. The van der Waals surface area contributed by atoms with Crippen molar-refractivity contribution in [1.82, 2.24) is 9.80 Å². The van der Waals surface area contributed by atoms with Gasteiger partial charge in [0.25, 0.3) is 17.4 Å². The highest BCUT2D eigenvalue weighted by molar-refractivity contribution is 6.46. The third kappa shape index (κ3) is 6.77. The molecule has 9 heteroatoms. The van der Waals surface area contributed by atoms with E-state index >= 15 is 0 Å². The number of Topliss-reactive ketones (excluding diaryl/α,β-unsaturated/α-hetero) is 1. The van der Waals surface area contributed by atoms with E-state index in [2.05, 4.69) is 18.7 Å². The Balaban J connectivity index is 1.97. The second-order valence-corrected chi connectivity index (χ2v) is 9.48. The van der Waals surface area contributed by atoms with Gasteiger partial charge >= 0.3 is 0 Å². The standard InChI is InChI=1S/C29H37N3O6/c1-4-6-16-30(17-7-5-2)18-9-19-31-26(22-10-8-11-23(20-22)32(36)37)25(28(34)29(31)35)27(33)21-12-14-24(38-3)15-13-21/h8,10-15,20,26,33H,4-7,9,16-19H2,1-3H3/t26-/m1/s1. The molecule has 0 aromatic heterocycles. The van der Waals surface area contributed by atoms with Crippen LogP contribution in [0.3, 0.4) is 0 Å². The molecule has 1 atom stereocenters. The van der Waals surface area contributed by atoms with Crippen molar-refractivity contribution in [2.75, 3.05) is 33.3 Å². The fourth-order valence-corrected chi connectivity index (χ4v) is 4.73. The van der Waals surface area contributed by atoms with Gasteiger partial charge in [-0.15, -0.1) is 0 Å². The summed E-state index contributed by atoms with van der Waals surface area (Å²) in [6.45, 7) is 7.30. The summed E-state index contributed by atoms with van der Waals surface area (Å²) in [6.07, 6.45) is 4.99. The molecule has 1 aliphatic heterocycles. The molecule has 1 amide bonds. The van der Waals surface area contributed by atoms with Crippen LogP contribution in [0.1, 0.15) is 63.1 Å². The number of likely N-dealkylation sites (tertiary alicyclic amines) is 1. The molecule has 1 aliphatic rings. The van der Waals surface area contributed by atoms with Gasteiger partial charge < -0.3 is 19.6 Å². The molecule has 0 radical (unpaired) electrons. The molecule has 0 spiro atoms. The number of unbranched alkanes of at least 4 members (excludes halogenated alkanes) is 2. The number of hydrogen-bond donors (Lipinski definition) is 1. The molecule has 2 aromatic rings. The van der Waals surface area contributed by atoms with Crippen LogP contribution < -0.4 is 4.74 Å². The fraction of sp³-hybridized carbons (Fsp3) is 0.448. The van der Waals surface area contributed by atoms with Crippen LogP contribution in [0.2, 0.25) is 0 Å². The number of aliphatic hydroxyl groups is 1. The number of nitro benzene ring substituents is 1. The van der Waals surface area contributed by atoms with Gasteiger partial charge in [-0.3, -0.25) is 19.7 Å². The topological polar surface area (TPSA) is 113 Å². The van der Waals surface area contributed by atoms with Crippen LogP contribution in [0.25, 0.3) is 5.76 Å². The summed E-state index contributed by atoms with van der Waals surface area (Å²) < 4.78 is 5.17. The molecule has 1 heterocycles. The highest BCUT2D eigenvalue weighted by Crippen LogP contribution is 2.40. The first-order valence-electron chi connectivity index (χ1n) is 13.2. The number of methoxy groups -OCH3 is 1. The molecular weight excluding hydrogens is 486 g/mol. The number of amides is 1. The number of carbonyl (C=O) groups is 2. The molecule has 0 saturated carbocycles. The van der Waals surface area contributed by atoms with Gasteiger partial charge in [-0.05, 0) is 68.7 Å². The lowest BCUT2D eigenvalue weighted by molar-refractivity contribution is -0.384. The van der Waals surface area contributed by atoms with Gasteiger partial charge in [-0.1, -0.05) is 38.8 Å². The van der Waals surface area contributed by atoms with Gasteiger partial charge in [0, 0.05) is 24.2 Å². The zero-order chi connectivity index (χ0) is 27.7. The van der Waals surface area contributed by atoms with E-state index in [1.807, 2.05) is 0 Å². The lowest BCUT2D eigenvalue weighted by Crippen LogP contribution is -2.34. The molecule has 1 fully saturated rings. The fourth-order valence-electron chi connectivity index (χ4n) is 4.73. The van der Waals surface area contributed by atoms with Crippen molar-refractivity contribution in [2.24, 2.45) is 0 Å². The van der Waals surface area contributed by atoms with Gasteiger partial charge in [0.05, 0.1) is 23.6 Å². The van der Waals surface area contributed by atoms with E-state index in [1.165, 1.54) is 30.2 Å². The van der Waals surface area contributed by atoms with Crippen LogP contribution in [-0.4, -0.2) is 64.8 Å². The second kappa shape index (κ2) is 13.7. The van der Waals surface area contributed by atoms with Crippen molar-refractivity contribution >= 4 is 23.1 Å². The zero-order valence-corrected chi connectivity index (χ0v) is 22.4. The lowest BCUT2D eigenvalue weighted by Gasteiger charge is -2.27. The van der Waals surface area contributed by atoms with Crippen LogP contribution in [0.4, 0.5) is 5.69 Å². The molecular formula is C29H37N3O6. The molecule has 1 N–H and O–H groups in total. The molecule has 38 heavy (non-hydrogen) atoms. The number of aliphatic hydroxyl groups excluding tert-OH is 1. The predicted molar refractivity (Wildman–Crippen MR) is 146 cm³/mol. The van der Waals surface area contributed by atoms with Crippen molar-refractivity contribution in [1.29, 1.82) is 0 Å². The zero-order valence-electron chi connectivity index (χ0n) is 22.4. The summed E-state index contributed by atoms with van der Waals surface area (Å²) in [6, 6.07) is 11.5.